The molecule has 2 rings (SSSR count). The predicted molar refractivity (Wildman–Crippen MR) is 90.2 cm³/mol. The maximum Gasteiger partial charge on any atom is 0.141 e. The van der Waals surface area contributed by atoms with Crippen molar-refractivity contribution >= 4 is 50.5 Å². The number of thiophene rings is 1. The molecule has 2 N–H and O–H groups in total. The highest BCUT2D eigenvalue weighted by molar-refractivity contribution is 9.11. The van der Waals surface area contributed by atoms with Crippen LogP contribution in [-0.2, 0) is 13.0 Å². The Bertz CT molecular complexity index is 601. The number of hydrogen-bond donors (Lipinski definition) is 1. The Balaban J connectivity index is 2.20. The molecule has 0 bridgehead atoms. The van der Waals surface area contributed by atoms with Crippen molar-refractivity contribution in [1.82, 2.24) is 0 Å². The molecule has 6 heteroatoms. The maximum atomic E-state index is 6.23. The van der Waals surface area contributed by atoms with E-state index in [1.54, 1.807) is 17.4 Å². The van der Waals surface area contributed by atoms with E-state index < -0.39 is 0 Å². The molecule has 1 atom stereocenters. The lowest BCUT2D eigenvalue weighted by Crippen LogP contribution is -2.18. The Morgan fingerprint density at radius 3 is 2.70 bits per heavy atom. The summed E-state index contributed by atoms with van der Waals surface area (Å²) < 4.78 is 6.94. The van der Waals surface area contributed by atoms with Gasteiger partial charge in [0.25, 0.3) is 0 Å². The minimum Gasteiger partial charge on any atom is -0.486 e. The Labute approximate surface area is 141 Å². The summed E-state index contributed by atoms with van der Waals surface area (Å²) >= 11 is 17.3. The van der Waals surface area contributed by atoms with Gasteiger partial charge in [-0.1, -0.05) is 23.2 Å². The predicted octanol–water partition coefficient (Wildman–Crippen LogP) is 5.29. The molecule has 0 spiro atoms. The summed E-state index contributed by atoms with van der Waals surface area (Å²) in [6.07, 6.45) is 0.670. The van der Waals surface area contributed by atoms with E-state index in [2.05, 4.69) is 15.9 Å². The van der Waals surface area contributed by atoms with E-state index in [0.29, 0.717) is 28.8 Å². The van der Waals surface area contributed by atoms with Crippen LogP contribution in [0.1, 0.15) is 17.4 Å². The van der Waals surface area contributed by atoms with Gasteiger partial charge in [0, 0.05) is 15.9 Å². The van der Waals surface area contributed by atoms with Gasteiger partial charge in [-0.2, -0.15) is 0 Å². The summed E-state index contributed by atoms with van der Waals surface area (Å²) in [4.78, 5) is 1.12. The van der Waals surface area contributed by atoms with Gasteiger partial charge in [0.1, 0.15) is 12.4 Å². The van der Waals surface area contributed by atoms with Crippen molar-refractivity contribution in [1.29, 1.82) is 0 Å². The molecule has 1 aromatic carbocycles. The van der Waals surface area contributed by atoms with Crippen LogP contribution in [-0.4, -0.2) is 6.04 Å². The lowest BCUT2D eigenvalue weighted by Gasteiger charge is -2.15. The zero-order valence-corrected chi connectivity index (χ0v) is 14.7. The van der Waals surface area contributed by atoms with Crippen molar-refractivity contribution < 1.29 is 4.74 Å². The van der Waals surface area contributed by atoms with Crippen LogP contribution in [0.5, 0.6) is 5.75 Å². The standard InChI is InChI=1S/C14H14BrCl2NOS/c1-8(18)4-9-5-10(16)6-12(17)14(9)19-7-11-2-3-13(15)20-11/h2-3,5-6,8H,4,7,18H2,1H3. The lowest BCUT2D eigenvalue weighted by molar-refractivity contribution is 0.306. The van der Waals surface area contributed by atoms with Crippen LogP contribution < -0.4 is 10.5 Å². The number of benzene rings is 1. The molecule has 0 aliphatic rings. The summed E-state index contributed by atoms with van der Waals surface area (Å²) in [5, 5.41) is 1.11. The van der Waals surface area contributed by atoms with Crippen molar-refractivity contribution in [3.05, 3.63) is 48.5 Å². The lowest BCUT2D eigenvalue weighted by atomic mass is 10.1. The van der Waals surface area contributed by atoms with Gasteiger partial charge in [-0.3, -0.25) is 0 Å². The van der Waals surface area contributed by atoms with E-state index in [4.69, 9.17) is 33.7 Å². The largest absolute Gasteiger partial charge is 0.486 e. The van der Waals surface area contributed by atoms with Gasteiger partial charge in [-0.15, -0.1) is 11.3 Å². The highest BCUT2D eigenvalue weighted by Crippen LogP contribution is 2.34. The molecule has 1 heterocycles. The van der Waals surface area contributed by atoms with Gasteiger partial charge >= 0.3 is 0 Å². The van der Waals surface area contributed by atoms with E-state index in [1.165, 1.54) is 0 Å². The minimum absolute atomic E-state index is 0.0164. The van der Waals surface area contributed by atoms with Crippen molar-refractivity contribution in [2.75, 3.05) is 0 Å². The number of rotatable bonds is 5. The molecule has 0 fully saturated rings. The molecule has 0 amide bonds. The Kier molecular flexibility index (Phi) is 5.75. The molecule has 2 nitrogen and oxygen atoms in total. The summed E-state index contributed by atoms with van der Waals surface area (Å²) in [7, 11) is 0. The molecular weight excluding hydrogens is 381 g/mol. The Morgan fingerprint density at radius 2 is 2.10 bits per heavy atom. The molecule has 20 heavy (non-hydrogen) atoms. The molecular formula is C14H14BrCl2NOS. The van der Waals surface area contributed by atoms with Crippen molar-refractivity contribution in [2.24, 2.45) is 5.73 Å². The van der Waals surface area contributed by atoms with Crippen LogP contribution in [0.15, 0.2) is 28.1 Å². The van der Waals surface area contributed by atoms with Crippen LogP contribution in [0.4, 0.5) is 0 Å². The van der Waals surface area contributed by atoms with Gasteiger partial charge in [0.05, 0.1) is 8.81 Å². The summed E-state index contributed by atoms with van der Waals surface area (Å²) in [6, 6.07) is 7.58. The van der Waals surface area contributed by atoms with Crippen molar-refractivity contribution in [2.45, 2.75) is 26.0 Å². The fraction of sp³-hybridized carbons (Fsp3) is 0.286. The highest BCUT2D eigenvalue weighted by Gasteiger charge is 2.13. The number of nitrogens with two attached hydrogens (primary N) is 1. The molecule has 108 valence electrons. The van der Waals surface area contributed by atoms with Crippen molar-refractivity contribution in [3.63, 3.8) is 0 Å². The van der Waals surface area contributed by atoms with E-state index >= 15 is 0 Å². The van der Waals surface area contributed by atoms with E-state index in [-0.39, 0.29) is 6.04 Å². The van der Waals surface area contributed by atoms with Gasteiger partial charge in [0.15, 0.2) is 0 Å². The number of ether oxygens (including phenoxy) is 1. The third-order valence-electron chi connectivity index (χ3n) is 2.61. The first kappa shape index (κ1) is 16.1. The highest BCUT2D eigenvalue weighted by atomic mass is 79.9. The van der Waals surface area contributed by atoms with Crippen LogP contribution in [0.2, 0.25) is 10.0 Å². The van der Waals surface area contributed by atoms with Gasteiger partial charge < -0.3 is 10.5 Å². The number of halogens is 3. The summed E-state index contributed by atoms with van der Waals surface area (Å²) in [5.74, 6) is 0.665. The number of hydrogen-bond acceptors (Lipinski definition) is 3. The molecule has 1 aromatic heterocycles. The molecule has 1 unspecified atom stereocenters. The molecule has 0 aliphatic heterocycles. The normalized spacial score (nSPS) is 12.4. The third-order valence-corrected chi connectivity index (χ3v) is 4.71. The maximum absolute atomic E-state index is 6.23. The topological polar surface area (TPSA) is 35.2 Å². The van der Waals surface area contributed by atoms with Crippen molar-refractivity contribution in [3.8, 4) is 5.75 Å². The second-order valence-corrected chi connectivity index (χ2v) is 7.94. The monoisotopic (exact) mass is 393 g/mol. The average Bonchev–Trinajstić information content (AvgIpc) is 2.73. The molecule has 2 aromatic rings. The molecule has 0 radical (unpaired) electrons. The first-order valence-electron chi connectivity index (χ1n) is 6.06. The third kappa shape index (κ3) is 4.37. The van der Waals surface area contributed by atoms with Crippen LogP contribution >= 0.6 is 50.5 Å². The fourth-order valence-corrected chi connectivity index (χ4v) is 3.83. The van der Waals surface area contributed by atoms with Gasteiger partial charge in [0.2, 0.25) is 0 Å². The van der Waals surface area contributed by atoms with E-state index in [0.717, 1.165) is 14.2 Å². The second kappa shape index (κ2) is 7.14. The summed E-state index contributed by atoms with van der Waals surface area (Å²) in [6.45, 7) is 2.42. The van der Waals surface area contributed by atoms with Crippen LogP contribution in [0, 0.1) is 0 Å². The Morgan fingerprint density at radius 1 is 1.35 bits per heavy atom. The smallest absolute Gasteiger partial charge is 0.141 e. The van der Waals surface area contributed by atoms with Gasteiger partial charge in [-0.05, 0) is 59.1 Å². The SMILES string of the molecule is CC(N)Cc1cc(Cl)cc(Cl)c1OCc1ccc(Br)s1. The fourth-order valence-electron chi connectivity index (χ4n) is 1.85. The average molecular weight is 395 g/mol. The molecule has 0 aliphatic carbocycles. The Hall–Kier alpha value is -0.260. The first-order chi connectivity index (χ1) is 9.45. The summed E-state index contributed by atoms with van der Waals surface area (Å²) in [5.41, 5.74) is 6.80. The zero-order valence-electron chi connectivity index (χ0n) is 10.8. The van der Waals surface area contributed by atoms with Crippen LogP contribution in [0.3, 0.4) is 0 Å². The minimum atomic E-state index is 0.0164. The molecule has 0 saturated heterocycles. The molecule has 0 saturated carbocycles. The first-order valence-corrected chi connectivity index (χ1v) is 8.42. The van der Waals surface area contributed by atoms with Gasteiger partial charge in [-0.25, -0.2) is 0 Å². The second-order valence-electron chi connectivity index (χ2n) is 4.55. The van der Waals surface area contributed by atoms with E-state index in [9.17, 15) is 0 Å². The van der Waals surface area contributed by atoms with E-state index in [1.807, 2.05) is 25.1 Å². The zero-order chi connectivity index (χ0) is 14.7. The quantitative estimate of drug-likeness (QED) is 0.747. The van der Waals surface area contributed by atoms with Crippen LogP contribution in [0.25, 0.3) is 0 Å².